The summed E-state index contributed by atoms with van der Waals surface area (Å²) in [4.78, 5) is 38.5. The van der Waals surface area contributed by atoms with Gasteiger partial charge >= 0.3 is 12.1 Å². The molecule has 186 valence electrons. The van der Waals surface area contributed by atoms with E-state index in [0.29, 0.717) is 4.68 Å². The van der Waals surface area contributed by atoms with Crippen LogP contribution in [-0.4, -0.2) is 28.3 Å². The molecule has 0 spiro atoms. The first-order valence-electron chi connectivity index (χ1n) is 10.2. The summed E-state index contributed by atoms with van der Waals surface area (Å²) < 4.78 is 72.7. The molecule has 2 aromatic carbocycles. The van der Waals surface area contributed by atoms with Gasteiger partial charge in [-0.25, -0.2) is 13.6 Å². The smallest absolute Gasteiger partial charge is 0.416 e. The number of alkyl halides is 3. The number of hydrogen-bond acceptors (Lipinski definition) is 6. The van der Waals surface area contributed by atoms with E-state index >= 15 is 0 Å². The van der Waals surface area contributed by atoms with Crippen LogP contribution in [0.3, 0.4) is 0 Å². The van der Waals surface area contributed by atoms with Crippen molar-refractivity contribution in [2.75, 3.05) is 11.9 Å². The molecule has 0 radical (unpaired) electrons. The zero-order valence-corrected chi connectivity index (χ0v) is 19.0. The van der Waals surface area contributed by atoms with Crippen molar-refractivity contribution in [3.63, 3.8) is 0 Å². The molecule has 0 saturated carbocycles. The van der Waals surface area contributed by atoms with Gasteiger partial charge in [0.2, 0.25) is 0 Å². The van der Waals surface area contributed by atoms with Crippen LogP contribution in [0, 0.1) is 11.6 Å². The Morgan fingerprint density at radius 1 is 1.08 bits per heavy atom. The minimum atomic E-state index is -4.62. The normalized spacial score (nSPS) is 11.5. The van der Waals surface area contributed by atoms with Crippen molar-refractivity contribution in [1.29, 1.82) is 0 Å². The number of anilines is 1. The second kappa shape index (κ2) is 9.49. The molecule has 0 bridgehead atoms. The molecule has 2 aromatic heterocycles. The maximum absolute atomic E-state index is 14.1. The third-order valence-corrected chi connectivity index (χ3v) is 5.87. The third kappa shape index (κ3) is 4.56. The average Bonchev–Trinajstić information content (AvgIpc) is 3.23. The van der Waals surface area contributed by atoms with Gasteiger partial charge in [0.1, 0.15) is 22.2 Å². The van der Waals surface area contributed by atoms with Crippen molar-refractivity contribution in [1.82, 2.24) is 9.78 Å². The summed E-state index contributed by atoms with van der Waals surface area (Å²) in [6, 6.07) is 6.26. The van der Waals surface area contributed by atoms with Crippen LogP contribution in [0.5, 0.6) is 0 Å². The number of fused-ring (bicyclic) bond motifs is 1. The fourth-order valence-electron chi connectivity index (χ4n) is 3.34. The zero-order chi connectivity index (χ0) is 26.2. The van der Waals surface area contributed by atoms with E-state index in [1.807, 2.05) is 0 Å². The van der Waals surface area contributed by atoms with Crippen LogP contribution in [-0.2, 0) is 10.9 Å². The predicted octanol–water partition coefficient (Wildman–Crippen LogP) is 5.17. The van der Waals surface area contributed by atoms with Crippen molar-refractivity contribution < 1.29 is 36.3 Å². The van der Waals surface area contributed by atoms with Crippen molar-refractivity contribution in [2.24, 2.45) is 0 Å². The Morgan fingerprint density at radius 2 is 1.72 bits per heavy atom. The molecule has 0 fully saturated rings. The summed E-state index contributed by atoms with van der Waals surface area (Å²) in [6.07, 6.45) is -4.62. The molecule has 0 unspecified atom stereocenters. The Bertz CT molecular complexity index is 1520. The van der Waals surface area contributed by atoms with Gasteiger partial charge in [0.05, 0.1) is 23.2 Å². The number of carbonyl (C=O) groups excluding carboxylic acids is 2. The highest BCUT2D eigenvalue weighted by molar-refractivity contribution is 7.16. The molecular weight excluding hydrogens is 509 g/mol. The lowest BCUT2D eigenvalue weighted by Crippen LogP contribution is -2.26. The number of ether oxygens (including phenoxy) is 1. The summed E-state index contributed by atoms with van der Waals surface area (Å²) in [7, 11) is 0. The van der Waals surface area contributed by atoms with E-state index in [1.165, 1.54) is 12.3 Å². The molecular formula is C23H14F5N3O4S. The van der Waals surface area contributed by atoms with E-state index in [-0.39, 0.29) is 33.8 Å². The highest BCUT2D eigenvalue weighted by Crippen LogP contribution is 2.32. The van der Waals surface area contributed by atoms with E-state index in [1.54, 1.807) is 0 Å². The lowest BCUT2D eigenvalue weighted by molar-refractivity contribution is -0.137. The summed E-state index contributed by atoms with van der Waals surface area (Å²) >= 11 is 0.784. The molecule has 0 aliphatic rings. The number of hydrogen-bond donors (Lipinski definition) is 1. The standard InChI is InChI=1S/C23H14F5N3O4S/c1-2-35-22(34)18-13-10-36-20(29-19(32)17-14(24)4-3-5-15(17)25)16(13)21(33)31(30-18)12-8-6-11(7-9-12)23(26,27)28/h3-10H,2H2,1H3,(H,29,32). The first kappa shape index (κ1) is 25.0. The number of rotatable bonds is 5. The third-order valence-electron chi connectivity index (χ3n) is 4.98. The Hall–Kier alpha value is -4.13. The van der Waals surface area contributed by atoms with Crippen LogP contribution < -0.4 is 10.9 Å². The molecule has 2 heterocycles. The Balaban J connectivity index is 1.88. The topological polar surface area (TPSA) is 90.3 Å². The van der Waals surface area contributed by atoms with E-state index in [2.05, 4.69) is 10.4 Å². The lowest BCUT2D eigenvalue weighted by atomic mass is 10.1. The predicted molar refractivity (Wildman–Crippen MR) is 120 cm³/mol. The SMILES string of the molecule is CCOC(=O)c1nn(-c2ccc(C(F)(F)F)cc2)c(=O)c2c(NC(=O)c3c(F)cccc3F)scc12. The van der Waals surface area contributed by atoms with Gasteiger partial charge in [0.15, 0.2) is 5.69 Å². The van der Waals surface area contributed by atoms with E-state index in [4.69, 9.17) is 4.74 Å². The van der Waals surface area contributed by atoms with Crippen LogP contribution in [0.4, 0.5) is 27.0 Å². The number of benzene rings is 2. The van der Waals surface area contributed by atoms with Crippen LogP contribution in [0.25, 0.3) is 16.5 Å². The van der Waals surface area contributed by atoms with Gasteiger partial charge in [-0.2, -0.15) is 23.0 Å². The van der Waals surface area contributed by atoms with E-state index in [0.717, 1.165) is 53.8 Å². The van der Waals surface area contributed by atoms with E-state index < -0.39 is 46.4 Å². The number of thiophene rings is 1. The molecule has 1 amide bonds. The van der Waals surface area contributed by atoms with Crippen LogP contribution in [0.1, 0.15) is 33.3 Å². The minimum absolute atomic E-state index is 0.0177. The van der Waals surface area contributed by atoms with Gasteiger partial charge in [-0.15, -0.1) is 11.3 Å². The largest absolute Gasteiger partial charge is 0.461 e. The maximum atomic E-state index is 14.1. The number of nitrogens with one attached hydrogen (secondary N) is 1. The first-order chi connectivity index (χ1) is 17.0. The van der Waals surface area contributed by atoms with Gasteiger partial charge in [-0.05, 0) is 43.3 Å². The summed E-state index contributed by atoms with van der Waals surface area (Å²) in [5.74, 6) is -4.39. The second-order valence-corrected chi connectivity index (χ2v) is 8.11. The Morgan fingerprint density at radius 3 is 2.31 bits per heavy atom. The molecule has 1 N–H and O–H groups in total. The number of amides is 1. The Kier molecular flexibility index (Phi) is 6.59. The molecule has 4 rings (SSSR count). The fraction of sp³-hybridized carbons (Fsp3) is 0.130. The minimum Gasteiger partial charge on any atom is -0.461 e. The molecule has 7 nitrogen and oxygen atoms in total. The van der Waals surface area contributed by atoms with Crippen LogP contribution in [0.2, 0.25) is 0 Å². The highest BCUT2D eigenvalue weighted by Gasteiger charge is 2.30. The number of carbonyl (C=O) groups is 2. The molecule has 0 atom stereocenters. The van der Waals surface area contributed by atoms with Gasteiger partial charge in [0.25, 0.3) is 11.5 Å². The number of halogens is 5. The average molecular weight is 523 g/mol. The number of esters is 1. The summed E-state index contributed by atoms with van der Waals surface area (Å²) in [5, 5.41) is 7.15. The van der Waals surface area contributed by atoms with Crippen molar-refractivity contribution in [3.8, 4) is 5.69 Å². The summed E-state index contributed by atoms with van der Waals surface area (Å²) in [5.41, 5.74) is -3.21. The van der Waals surface area contributed by atoms with Crippen LogP contribution >= 0.6 is 11.3 Å². The molecule has 4 aromatic rings. The quantitative estimate of drug-likeness (QED) is 0.288. The Labute approximate surface area is 202 Å². The van der Waals surface area contributed by atoms with E-state index in [9.17, 15) is 36.3 Å². The number of nitrogens with zero attached hydrogens (tertiary/aromatic N) is 2. The maximum Gasteiger partial charge on any atom is 0.416 e. The molecule has 13 heteroatoms. The molecule has 36 heavy (non-hydrogen) atoms. The fourth-order valence-corrected chi connectivity index (χ4v) is 4.27. The first-order valence-corrected chi connectivity index (χ1v) is 11.1. The van der Waals surface area contributed by atoms with Crippen molar-refractivity contribution >= 4 is 39.0 Å². The highest BCUT2D eigenvalue weighted by atomic mass is 32.1. The van der Waals surface area contributed by atoms with Crippen molar-refractivity contribution in [2.45, 2.75) is 13.1 Å². The monoisotopic (exact) mass is 523 g/mol. The molecule has 0 aliphatic heterocycles. The van der Waals surface area contributed by atoms with Gasteiger partial charge < -0.3 is 10.1 Å². The zero-order valence-electron chi connectivity index (χ0n) is 18.2. The number of aromatic nitrogens is 2. The molecule has 0 saturated heterocycles. The van der Waals surface area contributed by atoms with Gasteiger partial charge in [-0.1, -0.05) is 6.07 Å². The van der Waals surface area contributed by atoms with Crippen LogP contribution in [0.15, 0.2) is 52.6 Å². The van der Waals surface area contributed by atoms with Gasteiger partial charge in [0, 0.05) is 10.8 Å². The second-order valence-electron chi connectivity index (χ2n) is 7.23. The summed E-state index contributed by atoms with van der Waals surface area (Å²) in [6.45, 7) is 1.49. The molecule has 0 aliphatic carbocycles. The van der Waals surface area contributed by atoms with Gasteiger partial charge in [-0.3, -0.25) is 9.59 Å². The lowest BCUT2D eigenvalue weighted by Gasteiger charge is -2.11. The van der Waals surface area contributed by atoms with Crippen molar-refractivity contribution in [3.05, 3.63) is 86.7 Å².